The Morgan fingerprint density at radius 3 is 3.00 bits per heavy atom. The molecule has 21 heavy (non-hydrogen) atoms. The van der Waals surface area contributed by atoms with Gasteiger partial charge in [-0.25, -0.2) is 0 Å². The molecule has 0 aliphatic heterocycles. The number of aromatic amines is 1. The van der Waals surface area contributed by atoms with Crippen LogP contribution in [0.4, 0.5) is 0 Å². The summed E-state index contributed by atoms with van der Waals surface area (Å²) in [6.45, 7) is 4.34. The van der Waals surface area contributed by atoms with Crippen LogP contribution in [0.25, 0.3) is 16.7 Å². The van der Waals surface area contributed by atoms with Crippen LogP contribution in [-0.4, -0.2) is 22.8 Å². The van der Waals surface area contributed by atoms with E-state index in [-0.39, 0.29) is 6.10 Å². The van der Waals surface area contributed by atoms with Crippen molar-refractivity contribution in [2.75, 3.05) is 6.61 Å². The van der Waals surface area contributed by atoms with E-state index in [0.29, 0.717) is 12.4 Å². The molecule has 4 atom stereocenters. The fraction of sp³-hybridized carbons (Fsp3) is 0.444. The number of rotatable bonds is 6. The van der Waals surface area contributed by atoms with Crippen molar-refractivity contribution in [3.8, 4) is 0 Å². The van der Waals surface area contributed by atoms with E-state index >= 15 is 0 Å². The second-order valence-electron chi connectivity index (χ2n) is 6.53. The largest absolute Gasteiger partial charge is 0.491 e. The minimum absolute atomic E-state index is 0.340. The van der Waals surface area contributed by atoms with Gasteiger partial charge in [-0.3, -0.25) is 0 Å². The summed E-state index contributed by atoms with van der Waals surface area (Å²) in [6, 6.07) is 8.08. The molecule has 0 radical (unpaired) electrons. The van der Waals surface area contributed by atoms with Crippen molar-refractivity contribution in [2.24, 2.45) is 17.8 Å². The maximum atomic E-state index is 10.1. The Labute approximate surface area is 124 Å². The SMILES string of the molecule is C=C(OCC(O)C[C@@H]1CC2CC21)c1c[nH]c2ccccc12. The summed E-state index contributed by atoms with van der Waals surface area (Å²) < 4.78 is 5.71. The fourth-order valence-corrected chi connectivity index (χ4v) is 3.75. The van der Waals surface area contributed by atoms with Crippen LogP contribution in [0.3, 0.4) is 0 Å². The molecule has 1 aromatic heterocycles. The molecule has 4 rings (SSSR count). The minimum Gasteiger partial charge on any atom is -0.491 e. The molecule has 2 N–H and O–H groups in total. The van der Waals surface area contributed by atoms with Crippen molar-refractivity contribution in [1.82, 2.24) is 4.98 Å². The van der Waals surface area contributed by atoms with Gasteiger partial charge >= 0.3 is 0 Å². The average molecular weight is 283 g/mol. The summed E-state index contributed by atoms with van der Waals surface area (Å²) in [7, 11) is 0. The number of para-hydroxylation sites is 1. The molecule has 2 aliphatic rings. The Bertz CT molecular complexity index is 675. The van der Waals surface area contributed by atoms with Crippen LogP contribution in [0.2, 0.25) is 0 Å². The maximum absolute atomic E-state index is 10.1. The highest BCUT2D eigenvalue weighted by Crippen LogP contribution is 2.61. The van der Waals surface area contributed by atoms with Gasteiger partial charge in [-0.1, -0.05) is 24.8 Å². The van der Waals surface area contributed by atoms with Crippen LogP contribution in [0.5, 0.6) is 0 Å². The lowest BCUT2D eigenvalue weighted by molar-refractivity contribution is 0.0570. The van der Waals surface area contributed by atoms with E-state index < -0.39 is 0 Å². The molecule has 2 aliphatic carbocycles. The van der Waals surface area contributed by atoms with Crippen LogP contribution < -0.4 is 0 Å². The highest BCUT2D eigenvalue weighted by Gasteiger charge is 2.53. The van der Waals surface area contributed by atoms with E-state index in [1.54, 1.807) is 0 Å². The lowest BCUT2D eigenvalue weighted by atomic mass is 9.81. The molecule has 0 saturated heterocycles. The Morgan fingerprint density at radius 2 is 2.24 bits per heavy atom. The zero-order chi connectivity index (χ0) is 14.4. The first kappa shape index (κ1) is 13.0. The van der Waals surface area contributed by atoms with E-state index in [1.807, 2.05) is 30.5 Å². The quantitative estimate of drug-likeness (QED) is 0.796. The normalized spacial score (nSPS) is 27.8. The van der Waals surface area contributed by atoms with Crippen molar-refractivity contribution < 1.29 is 9.84 Å². The summed E-state index contributed by atoms with van der Waals surface area (Å²) in [5.74, 6) is 3.26. The monoisotopic (exact) mass is 283 g/mol. The molecule has 0 spiro atoms. The standard InChI is InChI=1S/C18H21NO2/c1-11(17-9-19-18-5-3-2-4-15(17)18)21-10-14(20)7-12-6-13-8-16(12)13/h2-5,9,12-14,16,19-20H,1,6-8,10H2/t12-,13?,14?,16?/m0/s1. The average Bonchev–Trinajstić information content (AvgIpc) is 2.96. The van der Waals surface area contributed by atoms with Crippen molar-refractivity contribution in [2.45, 2.75) is 25.4 Å². The molecule has 1 aromatic carbocycles. The Kier molecular flexibility index (Phi) is 3.03. The van der Waals surface area contributed by atoms with E-state index in [4.69, 9.17) is 4.74 Å². The van der Waals surface area contributed by atoms with Crippen LogP contribution in [0.15, 0.2) is 37.0 Å². The van der Waals surface area contributed by atoms with Crippen molar-refractivity contribution in [1.29, 1.82) is 0 Å². The van der Waals surface area contributed by atoms with E-state index in [2.05, 4.69) is 11.6 Å². The van der Waals surface area contributed by atoms with Gasteiger partial charge in [0.05, 0.1) is 6.10 Å². The van der Waals surface area contributed by atoms with E-state index in [1.165, 1.54) is 12.8 Å². The van der Waals surface area contributed by atoms with Crippen LogP contribution in [0.1, 0.15) is 24.8 Å². The number of H-pyrrole nitrogens is 1. The number of nitrogens with one attached hydrogen (secondary N) is 1. The van der Waals surface area contributed by atoms with Crippen LogP contribution in [-0.2, 0) is 4.74 Å². The molecule has 0 amide bonds. The molecular formula is C18H21NO2. The number of aliphatic hydroxyl groups is 1. The summed E-state index contributed by atoms with van der Waals surface area (Å²) in [5, 5.41) is 11.2. The molecule has 2 saturated carbocycles. The van der Waals surface area contributed by atoms with E-state index in [0.717, 1.165) is 40.6 Å². The van der Waals surface area contributed by atoms with E-state index in [9.17, 15) is 5.11 Å². The van der Waals surface area contributed by atoms with Gasteiger partial charge in [-0.2, -0.15) is 0 Å². The summed E-state index contributed by atoms with van der Waals surface area (Å²) in [6.07, 6.45) is 5.12. The van der Waals surface area contributed by atoms with Crippen molar-refractivity contribution >= 4 is 16.7 Å². The third-order valence-electron chi connectivity index (χ3n) is 5.10. The second kappa shape index (κ2) is 4.92. The molecule has 3 unspecified atom stereocenters. The first-order valence-corrected chi connectivity index (χ1v) is 7.78. The van der Waals surface area contributed by atoms with Gasteiger partial charge in [0.25, 0.3) is 0 Å². The minimum atomic E-state index is -0.376. The molecule has 1 heterocycles. The predicted molar refractivity (Wildman–Crippen MR) is 83.6 cm³/mol. The van der Waals surface area contributed by atoms with Crippen molar-refractivity contribution in [3.05, 3.63) is 42.6 Å². The van der Waals surface area contributed by atoms with Gasteiger partial charge in [0.1, 0.15) is 12.4 Å². The van der Waals surface area contributed by atoms with Gasteiger partial charge in [-0.05, 0) is 43.1 Å². The molecule has 2 aromatic rings. The van der Waals surface area contributed by atoms with Crippen LogP contribution >= 0.6 is 0 Å². The number of benzene rings is 1. The lowest BCUT2D eigenvalue weighted by Gasteiger charge is -2.27. The Morgan fingerprint density at radius 1 is 1.38 bits per heavy atom. The highest BCUT2D eigenvalue weighted by molar-refractivity contribution is 5.90. The lowest BCUT2D eigenvalue weighted by Crippen LogP contribution is -2.25. The summed E-state index contributed by atoms with van der Waals surface area (Å²) in [5.41, 5.74) is 2.05. The summed E-state index contributed by atoms with van der Waals surface area (Å²) >= 11 is 0. The topological polar surface area (TPSA) is 45.2 Å². The zero-order valence-electron chi connectivity index (χ0n) is 12.1. The fourth-order valence-electron chi connectivity index (χ4n) is 3.75. The predicted octanol–water partition coefficient (Wildman–Crippen LogP) is 3.56. The molecule has 3 heteroatoms. The number of hydrogen-bond donors (Lipinski definition) is 2. The number of aliphatic hydroxyl groups excluding tert-OH is 1. The smallest absolute Gasteiger partial charge is 0.121 e. The third-order valence-corrected chi connectivity index (χ3v) is 5.10. The second-order valence-corrected chi connectivity index (χ2v) is 6.53. The number of hydrogen-bond acceptors (Lipinski definition) is 2. The number of fused-ring (bicyclic) bond motifs is 2. The Hall–Kier alpha value is -1.74. The number of ether oxygens (including phenoxy) is 1. The van der Waals surface area contributed by atoms with Gasteiger partial charge in [0, 0.05) is 22.7 Å². The molecule has 3 nitrogen and oxygen atoms in total. The summed E-state index contributed by atoms with van der Waals surface area (Å²) in [4.78, 5) is 3.22. The molecule has 0 bridgehead atoms. The van der Waals surface area contributed by atoms with Gasteiger partial charge in [0.15, 0.2) is 0 Å². The first-order valence-electron chi connectivity index (χ1n) is 7.78. The highest BCUT2D eigenvalue weighted by atomic mass is 16.5. The third kappa shape index (κ3) is 2.36. The van der Waals surface area contributed by atoms with Gasteiger partial charge in [0.2, 0.25) is 0 Å². The van der Waals surface area contributed by atoms with Crippen LogP contribution in [0, 0.1) is 17.8 Å². The number of aromatic nitrogens is 1. The molecular weight excluding hydrogens is 262 g/mol. The van der Waals surface area contributed by atoms with Gasteiger partial charge in [-0.15, -0.1) is 0 Å². The Balaban J connectivity index is 1.34. The molecule has 110 valence electrons. The van der Waals surface area contributed by atoms with Gasteiger partial charge < -0.3 is 14.8 Å². The van der Waals surface area contributed by atoms with Crippen molar-refractivity contribution in [3.63, 3.8) is 0 Å². The maximum Gasteiger partial charge on any atom is 0.121 e. The molecule has 2 fully saturated rings. The first-order chi connectivity index (χ1) is 10.2. The zero-order valence-corrected chi connectivity index (χ0v) is 12.1.